The molecule has 1 unspecified atom stereocenters. The van der Waals surface area contributed by atoms with Gasteiger partial charge in [0, 0.05) is 13.1 Å². The molecule has 0 saturated heterocycles. The zero-order chi connectivity index (χ0) is 15.5. The normalized spacial score (nSPS) is 16.6. The summed E-state index contributed by atoms with van der Waals surface area (Å²) >= 11 is 0. The van der Waals surface area contributed by atoms with E-state index in [2.05, 4.69) is 22.5 Å². The smallest absolute Gasteiger partial charge is 0.370 e. The molecule has 2 N–H and O–H groups in total. The number of pyridine rings is 1. The maximum atomic E-state index is 12.9. The molecule has 3 nitrogen and oxygen atoms in total. The van der Waals surface area contributed by atoms with E-state index < -0.39 is 11.7 Å². The molecular formula is C15H22F3N3. The molecule has 2 rings (SSSR count). The van der Waals surface area contributed by atoms with Gasteiger partial charge in [0.05, 0.1) is 5.56 Å². The van der Waals surface area contributed by atoms with E-state index in [1.54, 1.807) is 0 Å². The van der Waals surface area contributed by atoms with Crippen molar-refractivity contribution in [2.75, 3.05) is 23.7 Å². The maximum absolute atomic E-state index is 12.9. The fourth-order valence-corrected chi connectivity index (χ4v) is 2.23. The van der Waals surface area contributed by atoms with Crippen molar-refractivity contribution in [3.05, 3.63) is 17.7 Å². The van der Waals surface area contributed by atoms with Gasteiger partial charge in [-0.1, -0.05) is 13.8 Å². The fourth-order valence-electron chi connectivity index (χ4n) is 2.23. The van der Waals surface area contributed by atoms with Crippen molar-refractivity contribution in [2.24, 2.45) is 11.8 Å². The molecule has 1 saturated carbocycles. The summed E-state index contributed by atoms with van der Waals surface area (Å²) in [4.78, 5) is 4.21. The number of anilines is 2. The van der Waals surface area contributed by atoms with Gasteiger partial charge in [-0.2, -0.15) is 13.2 Å². The van der Waals surface area contributed by atoms with Crippen LogP contribution in [0.5, 0.6) is 0 Å². The number of halogens is 3. The Morgan fingerprint density at radius 1 is 1.24 bits per heavy atom. The molecule has 1 fully saturated rings. The summed E-state index contributed by atoms with van der Waals surface area (Å²) in [6.45, 7) is 5.34. The Morgan fingerprint density at radius 2 is 1.86 bits per heavy atom. The SMILES string of the molecule is CCCNc1cc(C(F)(F)F)cc(NCC(C)C2CC2)n1. The highest BCUT2D eigenvalue weighted by molar-refractivity contribution is 5.49. The number of nitrogens with one attached hydrogen (secondary N) is 2. The predicted octanol–water partition coefficient (Wildman–Crippen LogP) is 4.38. The van der Waals surface area contributed by atoms with E-state index >= 15 is 0 Å². The van der Waals surface area contributed by atoms with Crippen LogP contribution in [0.2, 0.25) is 0 Å². The summed E-state index contributed by atoms with van der Waals surface area (Å²) in [6.07, 6.45) is -1.08. The third-order valence-corrected chi connectivity index (χ3v) is 3.74. The summed E-state index contributed by atoms with van der Waals surface area (Å²) in [7, 11) is 0. The zero-order valence-corrected chi connectivity index (χ0v) is 12.4. The van der Waals surface area contributed by atoms with E-state index in [1.807, 2.05) is 6.92 Å². The lowest BCUT2D eigenvalue weighted by Crippen LogP contribution is -2.16. The minimum Gasteiger partial charge on any atom is -0.370 e. The molecule has 0 radical (unpaired) electrons. The van der Waals surface area contributed by atoms with Gasteiger partial charge >= 0.3 is 6.18 Å². The van der Waals surface area contributed by atoms with Crippen molar-refractivity contribution < 1.29 is 13.2 Å². The third kappa shape index (κ3) is 4.79. The van der Waals surface area contributed by atoms with Gasteiger partial charge in [-0.3, -0.25) is 0 Å². The highest BCUT2D eigenvalue weighted by Gasteiger charge is 2.32. The first-order valence-electron chi connectivity index (χ1n) is 7.47. The lowest BCUT2D eigenvalue weighted by atomic mass is 10.1. The van der Waals surface area contributed by atoms with Gasteiger partial charge < -0.3 is 10.6 Å². The number of hydrogen-bond donors (Lipinski definition) is 2. The van der Waals surface area contributed by atoms with Crippen molar-refractivity contribution in [1.82, 2.24) is 4.98 Å². The van der Waals surface area contributed by atoms with Gasteiger partial charge in [-0.15, -0.1) is 0 Å². The predicted molar refractivity (Wildman–Crippen MR) is 78.4 cm³/mol. The molecule has 1 aromatic rings. The highest BCUT2D eigenvalue weighted by Crippen LogP contribution is 2.37. The molecular weight excluding hydrogens is 279 g/mol. The second-order valence-corrected chi connectivity index (χ2v) is 5.75. The van der Waals surface area contributed by atoms with E-state index in [0.717, 1.165) is 18.6 Å². The van der Waals surface area contributed by atoms with Crippen molar-refractivity contribution in [2.45, 2.75) is 39.3 Å². The first kappa shape index (κ1) is 15.9. The van der Waals surface area contributed by atoms with Gasteiger partial charge in [0.1, 0.15) is 11.6 Å². The summed E-state index contributed by atoms with van der Waals surface area (Å²) < 4.78 is 38.8. The molecule has 0 aliphatic heterocycles. The van der Waals surface area contributed by atoms with E-state index in [1.165, 1.54) is 12.8 Å². The van der Waals surface area contributed by atoms with Crippen molar-refractivity contribution >= 4 is 11.6 Å². The van der Waals surface area contributed by atoms with E-state index in [9.17, 15) is 13.2 Å². The number of alkyl halides is 3. The maximum Gasteiger partial charge on any atom is 0.416 e. The number of aromatic nitrogens is 1. The lowest BCUT2D eigenvalue weighted by molar-refractivity contribution is -0.137. The number of rotatable bonds is 7. The van der Waals surface area contributed by atoms with Crippen molar-refractivity contribution in [3.8, 4) is 0 Å². The van der Waals surface area contributed by atoms with Crippen LogP contribution < -0.4 is 10.6 Å². The van der Waals surface area contributed by atoms with Crippen LogP contribution in [0.15, 0.2) is 12.1 Å². The minimum atomic E-state index is -4.36. The van der Waals surface area contributed by atoms with Gasteiger partial charge in [0.15, 0.2) is 0 Å². The van der Waals surface area contributed by atoms with Crippen LogP contribution in [0.3, 0.4) is 0 Å². The fraction of sp³-hybridized carbons (Fsp3) is 0.667. The molecule has 1 aliphatic carbocycles. The number of hydrogen-bond acceptors (Lipinski definition) is 3. The van der Waals surface area contributed by atoms with E-state index in [0.29, 0.717) is 24.9 Å². The highest BCUT2D eigenvalue weighted by atomic mass is 19.4. The molecule has 0 spiro atoms. The first-order chi connectivity index (χ1) is 9.90. The molecule has 1 aliphatic rings. The van der Waals surface area contributed by atoms with Crippen LogP contribution in [0, 0.1) is 11.8 Å². The molecule has 1 atom stereocenters. The molecule has 6 heteroatoms. The second-order valence-electron chi connectivity index (χ2n) is 5.75. The molecule has 0 amide bonds. The first-order valence-corrected chi connectivity index (χ1v) is 7.47. The summed E-state index contributed by atoms with van der Waals surface area (Å²) in [5, 5.41) is 5.96. The molecule has 1 aromatic heterocycles. The molecule has 118 valence electrons. The number of nitrogens with zero attached hydrogens (tertiary/aromatic N) is 1. The van der Waals surface area contributed by atoms with Crippen LogP contribution in [0.4, 0.5) is 24.8 Å². The topological polar surface area (TPSA) is 37.0 Å². The van der Waals surface area contributed by atoms with Gasteiger partial charge in [0.25, 0.3) is 0 Å². The summed E-state index contributed by atoms with van der Waals surface area (Å²) in [5.41, 5.74) is -0.669. The van der Waals surface area contributed by atoms with Gasteiger partial charge in [-0.05, 0) is 43.2 Å². The van der Waals surface area contributed by atoms with E-state index in [-0.39, 0.29) is 11.6 Å². The third-order valence-electron chi connectivity index (χ3n) is 3.74. The Bertz CT molecular complexity index is 470. The Kier molecular flexibility index (Phi) is 4.96. The van der Waals surface area contributed by atoms with Crippen LogP contribution in [0.25, 0.3) is 0 Å². The van der Waals surface area contributed by atoms with Crippen molar-refractivity contribution in [3.63, 3.8) is 0 Å². The van der Waals surface area contributed by atoms with Crippen LogP contribution in [-0.2, 0) is 6.18 Å². The van der Waals surface area contributed by atoms with Crippen LogP contribution in [-0.4, -0.2) is 18.1 Å². The lowest BCUT2D eigenvalue weighted by Gasteiger charge is -2.15. The Labute approximate surface area is 123 Å². The zero-order valence-electron chi connectivity index (χ0n) is 12.4. The minimum absolute atomic E-state index is 0.272. The summed E-state index contributed by atoms with van der Waals surface area (Å²) in [5.74, 6) is 1.73. The molecule has 21 heavy (non-hydrogen) atoms. The standard InChI is InChI=1S/C15H22F3N3/c1-3-6-19-13-7-12(15(16,17)18)8-14(21-13)20-9-10(2)11-4-5-11/h7-8,10-11H,3-6,9H2,1-2H3,(H2,19,20,21). The van der Waals surface area contributed by atoms with Crippen LogP contribution >= 0.6 is 0 Å². The molecule has 0 aromatic carbocycles. The Hall–Kier alpha value is -1.46. The van der Waals surface area contributed by atoms with Gasteiger partial charge in [0.2, 0.25) is 0 Å². The largest absolute Gasteiger partial charge is 0.416 e. The second kappa shape index (κ2) is 6.54. The summed E-state index contributed by atoms with van der Waals surface area (Å²) in [6, 6.07) is 2.14. The average Bonchev–Trinajstić information content (AvgIpc) is 3.26. The van der Waals surface area contributed by atoms with E-state index in [4.69, 9.17) is 0 Å². The molecule has 1 heterocycles. The quantitative estimate of drug-likeness (QED) is 0.784. The molecule has 0 bridgehead atoms. The average molecular weight is 301 g/mol. The van der Waals surface area contributed by atoms with Gasteiger partial charge in [-0.25, -0.2) is 4.98 Å². The van der Waals surface area contributed by atoms with Crippen LogP contribution in [0.1, 0.15) is 38.7 Å². The Morgan fingerprint density at radius 3 is 2.38 bits per heavy atom. The Balaban J connectivity index is 2.09. The monoisotopic (exact) mass is 301 g/mol. The van der Waals surface area contributed by atoms with Crippen molar-refractivity contribution in [1.29, 1.82) is 0 Å².